The maximum Gasteiger partial charge on any atom is 0.305 e. The lowest BCUT2D eigenvalue weighted by atomic mass is 9.93. The highest BCUT2D eigenvalue weighted by atomic mass is 35.5. The van der Waals surface area contributed by atoms with Crippen molar-refractivity contribution in [2.75, 3.05) is 20.2 Å². The Morgan fingerprint density at radius 1 is 1.09 bits per heavy atom. The van der Waals surface area contributed by atoms with Crippen molar-refractivity contribution in [2.45, 2.75) is 44.6 Å². The van der Waals surface area contributed by atoms with Gasteiger partial charge in [-0.2, -0.15) is 0 Å². The summed E-state index contributed by atoms with van der Waals surface area (Å²) in [5.74, 6) is 0.0260. The smallest absolute Gasteiger partial charge is 0.305 e. The van der Waals surface area contributed by atoms with Crippen molar-refractivity contribution in [1.82, 2.24) is 9.47 Å². The number of nitrogens with zero attached hydrogens (tertiary/aromatic N) is 2. The van der Waals surface area contributed by atoms with Crippen LogP contribution in [-0.2, 0) is 16.1 Å². The average Bonchev–Trinajstić information content (AvgIpc) is 3.62. The molecule has 1 saturated carbocycles. The molecule has 5 rings (SSSR count). The number of benzene rings is 2. The number of amides is 1. The highest BCUT2D eigenvalue weighted by Gasteiger charge is 2.28. The van der Waals surface area contributed by atoms with Gasteiger partial charge in [0.15, 0.2) is 0 Å². The quantitative estimate of drug-likeness (QED) is 0.354. The molecule has 2 aliphatic rings. The van der Waals surface area contributed by atoms with E-state index >= 15 is 4.39 Å². The number of ether oxygens (including phenoxy) is 1. The van der Waals surface area contributed by atoms with Crippen LogP contribution in [0.15, 0.2) is 36.5 Å². The zero-order valence-electron chi connectivity index (χ0n) is 19.5. The Balaban J connectivity index is 1.36. The van der Waals surface area contributed by atoms with E-state index in [0.717, 1.165) is 36.6 Å². The van der Waals surface area contributed by atoms with Gasteiger partial charge in [0.25, 0.3) is 5.91 Å². The standard InChI is InChI=1S/C27H27Cl2FN2O3/c1-35-24(33)12-16-6-9-31(10-7-16)27(34)20-4-5-22(28)21(25(20)29)15-32-11-8-18-13-19(17-2-3-17)14-23(30)26(18)32/h4-5,8,11,13-14,16-17H,2-3,6-7,9-10,12,15H2,1H3. The van der Waals surface area contributed by atoms with Gasteiger partial charge in [0, 0.05) is 41.7 Å². The van der Waals surface area contributed by atoms with Gasteiger partial charge in [-0.15, -0.1) is 0 Å². The van der Waals surface area contributed by atoms with E-state index in [1.165, 1.54) is 7.11 Å². The molecule has 3 aromatic rings. The molecule has 2 fully saturated rings. The van der Waals surface area contributed by atoms with E-state index in [2.05, 4.69) is 6.07 Å². The lowest BCUT2D eigenvalue weighted by Gasteiger charge is -2.32. The first-order valence-corrected chi connectivity index (χ1v) is 12.7. The normalized spacial score (nSPS) is 16.6. The molecule has 184 valence electrons. The Morgan fingerprint density at radius 2 is 1.83 bits per heavy atom. The van der Waals surface area contributed by atoms with Crippen molar-refractivity contribution < 1.29 is 18.7 Å². The molecule has 1 amide bonds. The molecule has 0 spiro atoms. The molecule has 0 N–H and O–H groups in total. The van der Waals surface area contributed by atoms with Crippen LogP contribution in [0.4, 0.5) is 4.39 Å². The minimum absolute atomic E-state index is 0.165. The van der Waals surface area contributed by atoms with E-state index in [1.807, 2.05) is 12.3 Å². The minimum atomic E-state index is -0.260. The monoisotopic (exact) mass is 516 g/mol. The third-order valence-electron chi connectivity index (χ3n) is 7.21. The number of piperidine rings is 1. The van der Waals surface area contributed by atoms with Gasteiger partial charge in [0.2, 0.25) is 0 Å². The molecule has 0 radical (unpaired) electrons. The molecule has 0 unspecified atom stereocenters. The van der Waals surface area contributed by atoms with Gasteiger partial charge in [0.05, 0.1) is 29.8 Å². The van der Waals surface area contributed by atoms with Crippen molar-refractivity contribution in [3.63, 3.8) is 0 Å². The molecule has 1 aromatic heterocycles. The van der Waals surface area contributed by atoms with E-state index in [-0.39, 0.29) is 35.2 Å². The van der Waals surface area contributed by atoms with Gasteiger partial charge in [-0.05, 0) is 73.4 Å². The van der Waals surface area contributed by atoms with Gasteiger partial charge >= 0.3 is 5.97 Å². The molecular weight excluding hydrogens is 490 g/mol. The Hall–Kier alpha value is -2.57. The number of carbonyl (C=O) groups excluding carboxylic acids is 2. The van der Waals surface area contributed by atoms with Gasteiger partial charge < -0.3 is 14.2 Å². The second-order valence-corrected chi connectivity index (χ2v) is 10.3. The van der Waals surface area contributed by atoms with Crippen LogP contribution in [0.3, 0.4) is 0 Å². The van der Waals surface area contributed by atoms with E-state index in [4.69, 9.17) is 27.9 Å². The second-order valence-electron chi connectivity index (χ2n) is 9.56. The number of hydrogen-bond acceptors (Lipinski definition) is 3. The number of likely N-dealkylation sites (tertiary alicyclic amines) is 1. The Labute approximate surface area is 213 Å². The molecule has 1 saturated heterocycles. The van der Waals surface area contributed by atoms with Crippen molar-refractivity contribution >= 4 is 46.0 Å². The minimum Gasteiger partial charge on any atom is -0.469 e. The van der Waals surface area contributed by atoms with Gasteiger partial charge in [-0.1, -0.05) is 23.2 Å². The second kappa shape index (κ2) is 9.82. The summed E-state index contributed by atoms with van der Waals surface area (Å²) < 4.78 is 21.6. The zero-order chi connectivity index (χ0) is 24.7. The maximum absolute atomic E-state index is 15.0. The van der Waals surface area contributed by atoms with Crippen LogP contribution in [0.1, 0.15) is 59.5 Å². The number of hydrogen-bond donors (Lipinski definition) is 0. The molecule has 2 heterocycles. The predicted molar refractivity (Wildman–Crippen MR) is 135 cm³/mol. The number of fused-ring (bicyclic) bond motifs is 1. The molecule has 1 aliphatic carbocycles. The fourth-order valence-electron chi connectivity index (χ4n) is 5.01. The Kier molecular flexibility index (Phi) is 6.78. The molecule has 2 aromatic carbocycles. The summed E-state index contributed by atoms with van der Waals surface area (Å²) in [6.07, 6.45) is 5.89. The van der Waals surface area contributed by atoms with Crippen LogP contribution >= 0.6 is 23.2 Å². The van der Waals surface area contributed by atoms with E-state index in [1.54, 1.807) is 27.7 Å². The number of rotatable bonds is 6. The number of halogens is 3. The molecule has 35 heavy (non-hydrogen) atoms. The fraction of sp³-hybridized carbons (Fsp3) is 0.407. The molecule has 1 aliphatic heterocycles. The van der Waals surface area contributed by atoms with Crippen LogP contribution in [-0.4, -0.2) is 41.5 Å². The van der Waals surface area contributed by atoms with Crippen LogP contribution in [0.5, 0.6) is 0 Å². The Morgan fingerprint density at radius 3 is 2.51 bits per heavy atom. The van der Waals surface area contributed by atoms with Crippen molar-refractivity contribution in [2.24, 2.45) is 5.92 Å². The van der Waals surface area contributed by atoms with Crippen LogP contribution in [0.2, 0.25) is 10.0 Å². The molecule has 5 nitrogen and oxygen atoms in total. The zero-order valence-corrected chi connectivity index (χ0v) is 21.0. The SMILES string of the molecule is COC(=O)CC1CCN(C(=O)c2ccc(Cl)c(Cn3ccc4cc(C5CC5)cc(F)c43)c2Cl)CC1. The summed E-state index contributed by atoms with van der Waals surface area (Å²) in [7, 11) is 1.39. The summed E-state index contributed by atoms with van der Waals surface area (Å²) in [6.45, 7) is 1.35. The highest BCUT2D eigenvalue weighted by molar-refractivity contribution is 6.38. The first kappa shape index (κ1) is 24.1. The predicted octanol–water partition coefficient (Wildman–Crippen LogP) is 6.43. The summed E-state index contributed by atoms with van der Waals surface area (Å²) in [4.78, 5) is 26.6. The fourth-order valence-corrected chi connectivity index (χ4v) is 5.58. The summed E-state index contributed by atoms with van der Waals surface area (Å²) >= 11 is 13.2. The van der Waals surface area contributed by atoms with Crippen molar-refractivity contribution in [1.29, 1.82) is 0 Å². The molecule has 8 heteroatoms. The molecular formula is C27H27Cl2FN2O3. The highest BCUT2D eigenvalue weighted by Crippen LogP contribution is 2.42. The number of methoxy groups -OCH3 is 1. The maximum atomic E-state index is 15.0. The number of esters is 1. The summed E-state index contributed by atoms with van der Waals surface area (Å²) in [5.41, 5.74) is 2.52. The van der Waals surface area contributed by atoms with Crippen molar-refractivity contribution in [3.8, 4) is 0 Å². The molecule has 0 bridgehead atoms. The first-order valence-electron chi connectivity index (χ1n) is 12.0. The first-order chi connectivity index (χ1) is 16.9. The lowest BCUT2D eigenvalue weighted by molar-refractivity contribution is -0.142. The third kappa shape index (κ3) is 4.91. The third-order valence-corrected chi connectivity index (χ3v) is 8.00. The topological polar surface area (TPSA) is 51.5 Å². The number of carbonyl (C=O) groups is 2. The van der Waals surface area contributed by atoms with Crippen molar-refractivity contribution in [3.05, 3.63) is 69.1 Å². The van der Waals surface area contributed by atoms with Gasteiger partial charge in [-0.3, -0.25) is 9.59 Å². The summed E-state index contributed by atoms with van der Waals surface area (Å²) in [6, 6.07) is 8.91. The van der Waals surface area contributed by atoms with Gasteiger partial charge in [-0.25, -0.2) is 4.39 Å². The summed E-state index contributed by atoms with van der Waals surface area (Å²) in [5, 5.41) is 1.57. The van der Waals surface area contributed by atoms with Crippen LogP contribution in [0, 0.1) is 11.7 Å². The van der Waals surface area contributed by atoms with Crippen LogP contribution < -0.4 is 0 Å². The number of aromatic nitrogens is 1. The van der Waals surface area contributed by atoms with Gasteiger partial charge in [0.1, 0.15) is 5.82 Å². The van der Waals surface area contributed by atoms with E-state index < -0.39 is 0 Å². The van der Waals surface area contributed by atoms with Crippen LogP contribution in [0.25, 0.3) is 10.9 Å². The van der Waals surface area contributed by atoms with E-state index in [0.29, 0.717) is 47.1 Å². The average molecular weight is 517 g/mol. The molecule has 0 atom stereocenters. The van der Waals surface area contributed by atoms with E-state index in [9.17, 15) is 9.59 Å². The Bertz CT molecular complexity index is 1290. The lowest BCUT2D eigenvalue weighted by Crippen LogP contribution is -2.39. The largest absolute Gasteiger partial charge is 0.469 e.